The molecule has 0 unspecified atom stereocenters. The summed E-state index contributed by atoms with van der Waals surface area (Å²) in [7, 11) is 0. The Balaban J connectivity index is 1.60. The van der Waals surface area contributed by atoms with Crippen molar-refractivity contribution in [3.05, 3.63) is 29.1 Å². The molecule has 122 valence electrons. The van der Waals surface area contributed by atoms with Crippen LogP contribution in [-0.2, 0) is 14.3 Å². The number of nitrogens with zero attached hydrogens (tertiary/aromatic N) is 1. The zero-order valence-electron chi connectivity index (χ0n) is 12.5. The van der Waals surface area contributed by atoms with E-state index in [4.69, 9.17) is 21.4 Å². The molecule has 2 aliphatic rings. The van der Waals surface area contributed by atoms with Gasteiger partial charge in [0.1, 0.15) is 22.7 Å². The molecular weight excluding hydrogens is 334 g/mol. The average molecular weight is 351 g/mol. The van der Waals surface area contributed by atoms with E-state index in [9.17, 15) is 9.59 Å². The largest absolute Gasteiger partial charge is 0.465 e. The molecule has 3 rings (SSSR count). The molecular formula is C16H17NO4S2. The normalized spacial score (nSPS) is 21.2. The molecule has 0 spiro atoms. The van der Waals surface area contributed by atoms with Crippen molar-refractivity contribution in [3.63, 3.8) is 0 Å². The number of thioether (sulfide) groups is 1. The van der Waals surface area contributed by atoms with Gasteiger partial charge in [0, 0.05) is 6.08 Å². The molecule has 0 bridgehead atoms. The lowest BCUT2D eigenvalue weighted by Gasteiger charge is -2.23. The summed E-state index contributed by atoms with van der Waals surface area (Å²) in [4.78, 5) is 26.2. The van der Waals surface area contributed by atoms with Crippen LogP contribution in [0.5, 0.6) is 0 Å². The lowest BCUT2D eigenvalue weighted by atomic mass is 9.98. The number of rotatable bonds is 4. The van der Waals surface area contributed by atoms with Gasteiger partial charge in [0.25, 0.3) is 5.91 Å². The summed E-state index contributed by atoms with van der Waals surface area (Å²) in [6.07, 6.45) is 8.33. The number of carbonyl (C=O) groups is 2. The quantitative estimate of drug-likeness (QED) is 0.471. The molecule has 1 aromatic heterocycles. The van der Waals surface area contributed by atoms with Crippen LogP contribution in [0.2, 0.25) is 0 Å². The first-order valence-electron chi connectivity index (χ1n) is 7.62. The highest BCUT2D eigenvalue weighted by molar-refractivity contribution is 8.26. The Labute approximate surface area is 144 Å². The number of thiocarbonyl (C=S) groups is 1. The van der Waals surface area contributed by atoms with Crippen LogP contribution in [0.4, 0.5) is 0 Å². The summed E-state index contributed by atoms with van der Waals surface area (Å²) in [5.41, 5.74) is 0. The fourth-order valence-electron chi connectivity index (χ4n) is 2.67. The van der Waals surface area contributed by atoms with Crippen LogP contribution in [0.1, 0.15) is 37.9 Å². The Morgan fingerprint density at radius 3 is 2.91 bits per heavy atom. The molecule has 7 heteroatoms. The Morgan fingerprint density at radius 1 is 1.43 bits per heavy atom. The highest BCUT2D eigenvalue weighted by Crippen LogP contribution is 2.32. The van der Waals surface area contributed by atoms with Gasteiger partial charge in [0.05, 0.1) is 11.2 Å². The van der Waals surface area contributed by atoms with E-state index in [1.54, 1.807) is 18.2 Å². The maximum atomic E-state index is 12.4. The predicted molar refractivity (Wildman–Crippen MR) is 91.6 cm³/mol. The minimum Gasteiger partial charge on any atom is -0.465 e. The van der Waals surface area contributed by atoms with E-state index in [1.807, 2.05) is 0 Å². The van der Waals surface area contributed by atoms with Crippen LogP contribution in [0, 0.1) is 0 Å². The van der Waals surface area contributed by atoms with Crippen molar-refractivity contribution in [2.24, 2.45) is 0 Å². The van der Waals surface area contributed by atoms with E-state index < -0.39 is 5.97 Å². The molecule has 1 aliphatic heterocycles. The average Bonchev–Trinajstić information content (AvgIpc) is 3.13. The van der Waals surface area contributed by atoms with E-state index >= 15 is 0 Å². The number of amides is 1. The highest BCUT2D eigenvalue weighted by Gasteiger charge is 2.34. The van der Waals surface area contributed by atoms with E-state index in [0.717, 1.165) is 25.7 Å². The maximum absolute atomic E-state index is 12.4. The zero-order valence-corrected chi connectivity index (χ0v) is 14.2. The van der Waals surface area contributed by atoms with Crippen LogP contribution in [0.15, 0.2) is 27.7 Å². The number of hydrogen-bond acceptors (Lipinski definition) is 6. The van der Waals surface area contributed by atoms with Crippen LogP contribution < -0.4 is 0 Å². The second-order valence-electron chi connectivity index (χ2n) is 5.53. The van der Waals surface area contributed by atoms with E-state index in [2.05, 4.69) is 0 Å². The summed E-state index contributed by atoms with van der Waals surface area (Å²) < 4.78 is 11.0. The second kappa shape index (κ2) is 7.31. The van der Waals surface area contributed by atoms with Gasteiger partial charge in [-0.15, -0.1) is 0 Å². The molecule has 0 radical (unpaired) electrons. The van der Waals surface area contributed by atoms with Crippen molar-refractivity contribution in [3.8, 4) is 0 Å². The van der Waals surface area contributed by atoms with Gasteiger partial charge >= 0.3 is 5.97 Å². The SMILES string of the molecule is O=C(CN1C(=O)/C(=C/c2ccco2)SC1=S)OC1CCCCC1. The molecule has 1 aromatic rings. The Morgan fingerprint density at radius 2 is 2.22 bits per heavy atom. The van der Waals surface area contributed by atoms with E-state index in [0.29, 0.717) is 15.0 Å². The van der Waals surface area contributed by atoms with Crippen molar-refractivity contribution < 1.29 is 18.7 Å². The molecule has 1 saturated heterocycles. The lowest BCUT2D eigenvalue weighted by molar-refractivity contribution is -0.152. The lowest BCUT2D eigenvalue weighted by Crippen LogP contribution is -2.36. The number of ether oxygens (including phenoxy) is 1. The molecule has 0 N–H and O–H groups in total. The van der Waals surface area contributed by atoms with Gasteiger partial charge in [-0.2, -0.15) is 0 Å². The molecule has 1 amide bonds. The number of carbonyl (C=O) groups excluding carboxylic acids is 2. The predicted octanol–water partition coefficient (Wildman–Crippen LogP) is 3.36. The maximum Gasteiger partial charge on any atom is 0.326 e. The molecule has 5 nitrogen and oxygen atoms in total. The third-order valence-corrected chi connectivity index (χ3v) is 5.21. The van der Waals surface area contributed by atoms with Gasteiger partial charge < -0.3 is 9.15 Å². The van der Waals surface area contributed by atoms with Gasteiger partial charge in [-0.3, -0.25) is 14.5 Å². The van der Waals surface area contributed by atoms with E-state index in [1.165, 1.54) is 29.3 Å². The summed E-state index contributed by atoms with van der Waals surface area (Å²) in [6.45, 7) is -0.128. The summed E-state index contributed by atoms with van der Waals surface area (Å²) in [6, 6.07) is 3.50. The van der Waals surface area contributed by atoms with Gasteiger partial charge in [-0.1, -0.05) is 30.4 Å². The molecule has 2 fully saturated rings. The van der Waals surface area contributed by atoms with Crippen LogP contribution in [0.25, 0.3) is 6.08 Å². The molecule has 23 heavy (non-hydrogen) atoms. The van der Waals surface area contributed by atoms with Crippen molar-refractivity contribution in [2.75, 3.05) is 6.54 Å². The van der Waals surface area contributed by atoms with Crippen LogP contribution in [0.3, 0.4) is 0 Å². The van der Waals surface area contributed by atoms with Gasteiger partial charge in [-0.05, 0) is 37.8 Å². The van der Waals surface area contributed by atoms with Crippen LogP contribution in [-0.4, -0.2) is 33.7 Å². The first-order chi connectivity index (χ1) is 11.1. The highest BCUT2D eigenvalue weighted by atomic mass is 32.2. The fourth-order valence-corrected chi connectivity index (χ4v) is 3.91. The molecule has 2 heterocycles. The minimum atomic E-state index is -0.396. The topological polar surface area (TPSA) is 59.8 Å². The van der Waals surface area contributed by atoms with Gasteiger partial charge in [0.2, 0.25) is 0 Å². The van der Waals surface area contributed by atoms with Crippen molar-refractivity contribution in [1.29, 1.82) is 0 Å². The zero-order chi connectivity index (χ0) is 16.2. The van der Waals surface area contributed by atoms with Crippen molar-refractivity contribution >= 4 is 46.3 Å². The van der Waals surface area contributed by atoms with Gasteiger partial charge in [0.15, 0.2) is 0 Å². The standard InChI is InChI=1S/C16H17NO4S2/c18-14(21-11-5-2-1-3-6-11)10-17-15(19)13(23-16(17)22)9-12-7-4-8-20-12/h4,7-9,11H,1-3,5-6,10H2/b13-9-. The van der Waals surface area contributed by atoms with Gasteiger partial charge in [-0.25, -0.2) is 0 Å². The molecule has 1 saturated carbocycles. The number of furan rings is 1. The third kappa shape index (κ3) is 4.03. The third-order valence-electron chi connectivity index (χ3n) is 3.83. The van der Waals surface area contributed by atoms with Crippen molar-refractivity contribution in [1.82, 2.24) is 4.90 Å². The number of hydrogen-bond donors (Lipinski definition) is 0. The molecule has 0 aromatic carbocycles. The first-order valence-corrected chi connectivity index (χ1v) is 8.84. The summed E-state index contributed by atoms with van der Waals surface area (Å²) >= 11 is 6.37. The van der Waals surface area contributed by atoms with E-state index in [-0.39, 0.29) is 18.6 Å². The summed E-state index contributed by atoms with van der Waals surface area (Å²) in [5, 5.41) is 0. The monoisotopic (exact) mass is 351 g/mol. The Bertz CT molecular complexity index is 633. The number of esters is 1. The van der Waals surface area contributed by atoms with Crippen molar-refractivity contribution in [2.45, 2.75) is 38.2 Å². The minimum absolute atomic E-state index is 0.0201. The molecule has 0 atom stereocenters. The fraction of sp³-hybridized carbons (Fsp3) is 0.438. The van der Waals surface area contributed by atoms with Crippen LogP contribution >= 0.6 is 24.0 Å². The second-order valence-corrected chi connectivity index (χ2v) is 7.21. The summed E-state index contributed by atoms with van der Waals surface area (Å²) in [5.74, 6) is -0.0975. The Hall–Kier alpha value is -1.60. The molecule has 1 aliphatic carbocycles. The first kappa shape index (κ1) is 16.3. The smallest absolute Gasteiger partial charge is 0.326 e. The Kier molecular flexibility index (Phi) is 5.17.